The molecule has 2 rings (SSSR count). The van der Waals surface area contributed by atoms with Crippen LogP contribution in [0.25, 0.3) is 5.57 Å². The molecular formula is C16H22O2. The molecule has 0 heterocycles. The van der Waals surface area contributed by atoms with E-state index in [4.69, 9.17) is 9.47 Å². The minimum absolute atomic E-state index is 0.00676. The Hall–Kier alpha value is -1.28. The molecule has 0 N–H and O–H groups in total. The highest BCUT2D eigenvalue weighted by molar-refractivity contribution is 5.76. The Bertz CT molecular complexity index is 434. The van der Waals surface area contributed by atoms with Gasteiger partial charge in [0.1, 0.15) is 11.9 Å². The fraction of sp³-hybridized carbons (Fsp3) is 0.500. The molecule has 1 aliphatic rings. The van der Waals surface area contributed by atoms with Crippen molar-refractivity contribution >= 4 is 5.57 Å². The van der Waals surface area contributed by atoms with E-state index < -0.39 is 0 Å². The molecule has 0 aliphatic heterocycles. The van der Waals surface area contributed by atoms with Crippen LogP contribution >= 0.6 is 0 Å². The van der Waals surface area contributed by atoms with Crippen molar-refractivity contribution in [2.75, 3.05) is 13.2 Å². The Kier molecular flexibility index (Phi) is 4.43. The lowest BCUT2D eigenvalue weighted by Gasteiger charge is -2.17. The zero-order valence-corrected chi connectivity index (χ0v) is 11.5. The molecule has 1 aromatic rings. The summed E-state index contributed by atoms with van der Waals surface area (Å²) >= 11 is 0. The quantitative estimate of drug-likeness (QED) is 0.744. The van der Waals surface area contributed by atoms with Crippen molar-refractivity contribution in [3.8, 4) is 0 Å². The SMILES string of the molecule is CCCC1=C(OCC)C(OCC)c2ccccc21. The third kappa shape index (κ3) is 2.30. The molecule has 0 aromatic heterocycles. The molecule has 0 radical (unpaired) electrons. The second-order valence-electron chi connectivity index (χ2n) is 4.45. The normalized spacial score (nSPS) is 18.1. The lowest BCUT2D eigenvalue weighted by molar-refractivity contribution is 0.0417. The molecule has 18 heavy (non-hydrogen) atoms. The van der Waals surface area contributed by atoms with Crippen molar-refractivity contribution in [3.63, 3.8) is 0 Å². The van der Waals surface area contributed by atoms with Gasteiger partial charge in [-0.1, -0.05) is 37.6 Å². The van der Waals surface area contributed by atoms with E-state index in [0.717, 1.165) is 18.6 Å². The molecule has 2 nitrogen and oxygen atoms in total. The minimum Gasteiger partial charge on any atom is -0.495 e. The van der Waals surface area contributed by atoms with E-state index in [1.54, 1.807) is 0 Å². The minimum atomic E-state index is -0.00676. The molecule has 1 aliphatic carbocycles. The van der Waals surface area contributed by atoms with Crippen LogP contribution in [0.15, 0.2) is 30.0 Å². The van der Waals surface area contributed by atoms with E-state index >= 15 is 0 Å². The Morgan fingerprint density at radius 3 is 2.50 bits per heavy atom. The van der Waals surface area contributed by atoms with E-state index in [-0.39, 0.29) is 6.10 Å². The van der Waals surface area contributed by atoms with Gasteiger partial charge in [-0.3, -0.25) is 0 Å². The maximum atomic E-state index is 5.89. The summed E-state index contributed by atoms with van der Waals surface area (Å²) in [6.07, 6.45) is 2.17. The van der Waals surface area contributed by atoms with Crippen LogP contribution in [0.2, 0.25) is 0 Å². The van der Waals surface area contributed by atoms with E-state index in [9.17, 15) is 0 Å². The highest BCUT2D eigenvalue weighted by atomic mass is 16.5. The fourth-order valence-corrected chi connectivity index (χ4v) is 2.59. The smallest absolute Gasteiger partial charge is 0.140 e. The summed E-state index contributed by atoms with van der Waals surface area (Å²) < 4.78 is 11.8. The molecule has 1 atom stereocenters. The number of ether oxygens (including phenoxy) is 2. The molecule has 0 saturated heterocycles. The monoisotopic (exact) mass is 246 g/mol. The second-order valence-corrected chi connectivity index (χ2v) is 4.45. The average Bonchev–Trinajstić information content (AvgIpc) is 2.67. The maximum absolute atomic E-state index is 5.89. The van der Waals surface area contributed by atoms with Crippen molar-refractivity contribution in [3.05, 3.63) is 41.2 Å². The zero-order chi connectivity index (χ0) is 13.0. The van der Waals surface area contributed by atoms with Gasteiger partial charge in [0, 0.05) is 12.2 Å². The first-order chi connectivity index (χ1) is 8.83. The fourth-order valence-electron chi connectivity index (χ4n) is 2.59. The van der Waals surface area contributed by atoms with E-state index in [0.29, 0.717) is 13.2 Å². The predicted octanol–water partition coefficient (Wildman–Crippen LogP) is 4.33. The summed E-state index contributed by atoms with van der Waals surface area (Å²) in [6.45, 7) is 7.66. The lowest BCUT2D eigenvalue weighted by Crippen LogP contribution is -2.07. The van der Waals surface area contributed by atoms with Crippen LogP contribution in [0.5, 0.6) is 0 Å². The van der Waals surface area contributed by atoms with Crippen molar-refractivity contribution in [2.24, 2.45) is 0 Å². The number of hydrogen-bond donors (Lipinski definition) is 0. The molecule has 0 saturated carbocycles. The first kappa shape index (κ1) is 13.2. The summed E-state index contributed by atoms with van der Waals surface area (Å²) in [6, 6.07) is 8.49. The first-order valence-electron chi connectivity index (χ1n) is 6.90. The van der Waals surface area contributed by atoms with Gasteiger partial charge < -0.3 is 9.47 Å². The Balaban J connectivity index is 2.44. The standard InChI is InChI=1S/C16H22O2/c1-4-9-13-12-10-7-8-11-14(12)16(18-6-3)15(13)17-5-2/h7-8,10-11,16H,4-6,9H2,1-3H3. The number of allylic oxidation sites excluding steroid dienone is 1. The number of hydrogen-bond acceptors (Lipinski definition) is 2. The van der Waals surface area contributed by atoms with Crippen molar-refractivity contribution < 1.29 is 9.47 Å². The summed E-state index contributed by atoms with van der Waals surface area (Å²) in [5, 5.41) is 0. The molecule has 0 fully saturated rings. The Morgan fingerprint density at radius 1 is 1.06 bits per heavy atom. The molecule has 1 unspecified atom stereocenters. The Morgan fingerprint density at radius 2 is 1.83 bits per heavy atom. The van der Waals surface area contributed by atoms with E-state index in [2.05, 4.69) is 31.2 Å². The summed E-state index contributed by atoms with van der Waals surface area (Å²) in [4.78, 5) is 0. The summed E-state index contributed by atoms with van der Waals surface area (Å²) in [5.74, 6) is 1.03. The van der Waals surface area contributed by atoms with Crippen LogP contribution in [0.4, 0.5) is 0 Å². The van der Waals surface area contributed by atoms with Crippen molar-refractivity contribution in [1.82, 2.24) is 0 Å². The molecule has 98 valence electrons. The largest absolute Gasteiger partial charge is 0.495 e. The van der Waals surface area contributed by atoms with Crippen LogP contribution in [0.3, 0.4) is 0 Å². The van der Waals surface area contributed by atoms with E-state index in [1.165, 1.54) is 16.7 Å². The highest BCUT2D eigenvalue weighted by Gasteiger charge is 2.32. The van der Waals surface area contributed by atoms with Gasteiger partial charge in [-0.25, -0.2) is 0 Å². The van der Waals surface area contributed by atoms with Gasteiger partial charge in [-0.05, 0) is 31.4 Å². The van der Waals surface area contributed by atoms with Crippen LogP contribution in [-0.2, 0) is 9.47 Å². The average molecular weight is 246 g/mol. The van der Waals surface area contributed by atoms with Crippen LogP contribution < -0.4 is 0 Å². The number of fused-ring (bicyclic) bond motifs is 1. The topological polar surface area (TPSA) is 18.5 Å². The maximum Gasteiger partial charge on any atom is 0.140 e. The number of rotatable bonds is 6. The molecule has 0 amide bonds. The van der Waals surface area contributed by atoms with Crippen LogP contribution in [0.1, 0.15) is 50.8 Å². The second kappa shape index (κ2) is 6.05. The van der Waals surface area contributed by atoms with E-state index in [1.807, 2.05) is 13.8 Å². The van der Waals surface area contributed by atoms with Gasteiger partial charge in [0.15, 0.2) is 0 Å². The van der Waals surface area contributed by atoms with Gasteiger partial charge in [0.05, 0.1) is 6.61 Å². The van der Waals surface area contributed by atoms with Gasteiger partial charge in [0.25, 0.3) is 0 Å². The van der Waals surface area contributed by atoms with Crippen molar-refractivity contribution in [1.29, 1.82) is 0 Å². The van der Waals surface area contributed by atoms with Gasteiger partial charge >= 0.3 is 0 Å². The predicted molar refractivity (Wildman–Crippen MR) is 74.3 cm³/mol. The molecule has 0 bridgehead atoms. The molecule has 0 spiro atoms. The highest BCUT2D eigenvalue weighted by Crippen LogP contribution is 2.44. The molecular weight excluding hydrogens is 224 g/mol. The van der Waals surface area contributed by atoms with Crippen LogP contribution in [0, 0.1) is 0 Å². The van der Waals surface area contributed by atoms with Gasteiger partial charge in [-0.2, -0.15) is 0 Å². The van der Waals surface area contributed by atoms with Gasteiger partial charge in [-0.15, -0.1) is 0 Å². The number of benzene rings is 1. The molecule has 1 aromatic carbocycles. The third-order valence-corrected chi connectivity index (χ3v) is 3.24. The summed E-state index contributed by atoms with van der Waals surface area (Å²) in [7, 11) is 0. The van der Waals surface area contributed by atoms with Crippen molar-refractivity contribution in [2.45, 2.75) is 39.7 Å². The molecule has 2 heteroatoms. The van der Waals surface area contributed by atoms with Crippen LogP contribution in [-0.4, -0.2) is 13.2 Å². The summed E-state index contributed by atoms with van der Waals surface area (Å²) in [5.41, 5.74) is 3.89. The zero-order valence-electron chi connectivity index (χ0n) is 11.5. The van der Waals surface area contributed by atoms with Gasteiger partial charge in [0.2, 0.25) is 0 Å². The Labute approximate surface area is 110 Å². The third-order valence-electron chi connectivity index (χ3n) is 3.24. The lowest BCUT2D eigenvalue weighted by atomic mass is 10.0. The first-order valence-corrected chi connectivity index (χ1v) is 6.90.